The van der Waals surface area contributed by atoms with Crippen molar-refractivity contribution in [1.82, 2.24) is 9.78 Å². The van der Waals surface area contributed by atoms with Gasteiger partial charge >= 0.3 is 0 Å². The number of nitrogen functional groups attached to an aromatic ring is 1. The molecule has 0 fully saturated rings. The van der Waals surface area contributed by atoms with E-state index >= 15 is 0 Å². The summed E-state index contributed by atoms with van der Waals surface area (Å²) in [5.74, 6) is 0.422. The molecule has 2 aromatic rings. The topological polar surface area (TPSA) is 55.9 Å². The zero-order valence-electron chi connectivity index (χ0n) is 10.8. The number of hydrogen-bond acceptors (Lipinski definition) is 3. The highest BCUT2D eigenvalue weighted by molar-refractivity contribution is 5.71. The molecule has 0 bridgehead atoms. The highest BCUT2D eigenvalue weighted by Gasteiger charge is 2.12. The number of benzene rings is 1. The Morgan fingerprint density at radius 2 is 2.11 bits per heavy atom. The Bertz CT molecular complexity index is 554. The minimum absolute atomic E-state index is 0.269. The second-order valence-electron chi connectivity index (χ2n) is 4.33. The van der Waals surface area contributed by atoms with Crippen molar-refractivity contribution in [3.63, 3.8) is 0 Å². The van der Waals surface area contributed by atoms with Crippen molar-refractivity contribution in [2.45, 2.75) is 20.3 Å². The van der Waals surface area contributed by atoms with E-state index in [9.17, 15) is 4.39 Å². The van der Waals surface area contributed by atoms with Gasteiger partial charge in [-0.3, -0.25) is 4.68 Å². The lowest BCUT2D eigenvalue weighted by Gasteiger charge is -2.08. The van der Waals surface area contributed by atoms with E-state index in [0.717, 1.165) is 17.7 Å². The molecule has 0 amide bonds. The van der Waals surface area contributed by atoms with Crippen LogP contribution in [0.5, 0.6) is 0 Å². The fraction of sp³-hybridized carbons (Fsp3) is 0.308. The summed E-state index contributed by atoms with van der Waals surface area (Å²) in [6.07, 6.45) is 0.767. The average molecular weight is 248 g/mol. The number of rotatable bonds is 3. The van der Waals surface area contributed by atoms with Crippen LogP contribution < -0.4 is 11.1 Å². The molecular weight excluding hydrogens is 231 g/mol. The molecule has 0 aliphatic heterocycles. The van der Waals surface area contributed by atoms with Crippen molar-refractivity contribution < 1.29 is 4.39 Å². The largest absolute Gasteiger partial charge is 0.394 e. The van der Waals surface area contributed by atoms with Crippen LogP contribution in [0.15, 0.2) is 18.2 Å². The number of halogens is 1. The fourth-order valence-corrected chi connectivity index (χ4v) is 1.95. The molecule has 0 radical (unpaired) electrons. The molecule has 0 saturated heterocycles. The predicted octanol–water partition coefficient (Wildman–Crippen LogP) is 2.76. The van der Waals surface area contributed by atoms with Gasteiger partial charge in [-0.05, 0) is 37.1 Å². The van der Waals surface area contributed by atoms with Crippen LogP contribution in [0.1, 0.15) is 18.2 Å². The Morgan fingerprint density at radius 1 is 1.39 bits per heavy atom. The Kier molecular flexibility index (Phi) is 3.23. The summed E-state index contributed by atoms with van der Waals surface area (Å²) >= 11 is 0. The summed E-state index contributed by atoms with van der Waals surface area (Å²) in [5, 5.41) is 7.42. The normalized spacial score (nSPS) is 10.7. The molecule has 2 rings (SSSR count). The fourth-order valence-electron chi connectivity index (χ4n) is 1.95. The Labute approximate surface area is 106 Å². The zero-order valence-corrected chi connectivity index (χ0v) is 10.8. The van der Waals surface area contributed by atoms with Gasteiger partial charge in [0.2, 0.25) is 0 Å². The van der Waals surface area contributed by atoms with Crippen LogP contribution in [0.25, 0.3) is 0 Å². The second-order valence-corrected chi connectivity index (χ2v) is 4.33. The van der Waals surface area contributed by atoms with Crippen molar-refractivity contribution in [3.05, 3.63) is 35.3 Å². The van der Waals surface area contributed by atoms with E-state index in [1.165, 1.54) is 12.1 Å². The van der Waals surface area contributed by atoms with Gasteiger partial charge in [0, 0.05) is 12.7 Å². The first-order valence-electron chi connectivity index (χ1n) is 5.86. The van der Waals surface area contributed by atoms with Gasteiger partial charge in [0.15, 0.2) is 5.82 Å². The van der Waals surface area contributed by atoms with E-state index in [1.54, 1.807) is 4.68 Å². The number of aromatic nitrogens is 2. The molecule has 1 aromatic heterocycles. The molecule has 1 heterocycles. The third kappa shape index (κ3) is 2.30. The van der Waals surface area contributed by atoms with E-state index in [4.69, 9.17) is 5.73 Å². The van der Waals surface area contributed by atoms with Crippen LogP contribution in [0.3, 0.4) is 0 Å². The lowest BCUT2D eigenvalue weighted by atomic mass is 10.2. The number of nitrogens with zero attached hydrogens (tertiary/aromatic N) is 2. The SMILES string of the molecule is CCc1nn(C)c(Nc2cc(C)cc(F)c2)c1N. The van der Waals surface area contributed by atoms with Crippen LogP contribution in [0.4, 0.5) is 21.6 Å². The highest BCUT2D eigenvalue weighted by atomic mass is 19.1. The first kappa shape index (κ1) is 12.4. The predicted molar refractivity (Wildman–Crippen MR) is 71.4 cm³/mol. The number of nitrogens with two attached hydrogens (primary N) is 1. The molecule has 1 aromatic carbocycles. The molecule has 3 N–H and O–H groups in total. The number of hydrogen-bond donors (Lipinski definition) is 2. The number of aryl methyl sites for hydroxylation is 3. The van der Waals surface area contributed by atoms with E-state index in [0.29, 0.717) is 17.2 Å². The quantitative estimate of drug-likeness (QED) is 0.878. The zero-order chi connectivity index (χ0) is 13.3. The first-order valence-corrected chi connectivity index (χ1v) is 5.86. The minimum atomic E-state index is -0.269. The molecule has 18 heavy (non-hydrogen) atoms. The molecular formula is C13H17FN4. The van der Waals surface area contributed by atoms with Gasteiger partial charge in [0.1, 0.15) is 5.82 Å². The van der Waals surface area contributed by atoms with Crippen molar-refractivity contribution in [2.24, 2.45) is 7.05 Å². The van der Waals surface area contributed by atoms with Gasteiger partial charge in [-0.2, -0.15) is 5.10 Å². The average Bonchev–Trinajstić information content (AvgIpc) is 2.55. The molecule has 0 aliphatic carbocycles. The minimum Gasteiger partial charge on any atom is -0.394 e. The highest BCUT2D eigenvalue weighted by Crippen LogP contribution is 2.26. The van der Waals surface area contributed by atoms with Crippen LogP contribution in [0.2, 0.25) is 0 Å². The standard InChI is InChI=1S/C13H17FN4/c1-4-11-12(15)13(18(3)17-11)16-10-6-8(2)5-9(14)7-10/h5-7,16H,4,15H2,1-3H3. The van der Waals surface area contributed by atoms with Crippen LogP contribution >= 0.6 is 0 Å². The van der Waals surface area contributed by atoms with Crippen molar-refractivity contribution in [1.29, 1.82) is 0 Å². The lowest BCUT2D eigenvalue weighted by Crippen LogP contribution is -2.01. The van der Waals surface area contributed by atoms with Crippen LogP contribution in [0, 0.1) is 12.7 Å². The molecule has 96 valence electrons. The Balaban J connectivity index is 2.36. The van der Waals surface area contributed by atoms with Gasteiger partial charge in [-0.25, -0.2) is 4.39 Å². The molecule has 4 nitrogen and oxygen atoms in total. The Morgan fingerprint density at radius 3 is 2.67 bits per heavy atom. The molecule has 0 unspecified atom stereocenters. The van der Waals surface area contributed by atoms with E-state index in [-0.39, 0.29) is 5.82 Å². The number of anilines is 3. The summed E-state index contributed by atoms with van der Waals surface area (Å²) in [6, 6.07) is 4.78. The van der Waals surface area contributed by atoms with Crippen molar-refractivity contribution in [3.8, 4) is 0 Å². The van der Waals surface area contributed by atoms with E-state index in [1.807, 2.05) is 27.0 Å². The van der Waals surface area contributed by atoms with Crippen LogP contribution in [-0.2, 0) is 13.5 Å². The molecule has 0 spiro atoms. The summed E-state index contributed by atoms with van der Waals surface area (Å²) in [6.45, 7) is 3.84. The van der Waals surface area contributed by atoms with Crippen LogP contribution in [-0.4, -0.2) is 9.78 Å². The molecule has 0 atom stereocenters. The maximum Gasteiger partial charge on any atom is 0.152 e. The summed E-state index contributed by atoms with van der Waals surface area (Å²) in [7, 11) is 1.81. The van der Waals surface area contributed by atoms with Gasteiger partial charge in [-0.1, -0.05) is 6.92 Å². The summed E-state index contributed by atoms with van der Waals surface area (Å²) in [4.78, 5) is 0. The number of nitrogens with one attached hydrogen (secondary N) is 1. The van der Waals surface area contributed by atoms with Gasteiger partial charge in [0.25, 0.3) is 0 Å². The van der Waals surface area contributed by atoms with Crippen molar-refractivity contribution in [2.75, 3.05) is 11.1 Å². The third-order valence-electron chi connectivity index (χ3n) is 2.80. The van der Waals surface area contributed by atoms with Gasteiger partial charge in [-0.15, -0.1) is 0 Å². The molecule has 0 saturated carbocycles. The smallest absolute Gasteiger partial charge is 0.152 e. The Hall–Kier alpha value is -2.04. The lowest BCUT2D eigenvalue weighted by molar-refractivity contribution is 0.627. The monoisotopic (exact) mass is 248 g/mol. The van der Waals surface area contributed by atoms with Gasteiger partial charge in [0.05, 0.1) is 11.4 Å². The van der Waals surface area contributed by atoms with E-state index in [2.05, 4.69) is 10.4 Å². The van der Waals surface area contributed by atoms with Gasteiger partial charge < -0.3 is 11.1 Å². The second kappa shape index (κ2) is 4.68. The maximum absolute atomic E-state index is 13.3. The first-order chi connectivity index (χ1) is 8.51. The molecule has 0 aliphatic rings. The van der Waals surface area contributed by atoms with E-state index < -0.39 is 0 Å². The maximum atomic E-state index is 13.3. The van der Waals surface area contributed by atoms with Crippen molar-refractivity contribution >= 4 is 17.2 Å². The third-order valence-corrected chi connectivity index (χ3v) is 2.80. The summed E-state index contributed by atoms with van der Waals surface area (Å²) in [5.41, 5.74) is 8.98. The molecule has 5 heteroatoms. The summed E-state index contributed by atoms with van der Waals surface area (Å²) < 4.78 is 15.0.